The normalized spacial score (nSPS) is 11.7. The van der Waals surface area contributed by atoms with Gasteiger partial charge in [-0.1, -0.05) is 45.4 Å². The third kappa shape index (κ3) is 5.86. The van der Waals surface area contributed by atoms with Crippen LogP contribution in [0.15, 0.2) is 12.2 Å². The molecule has 0 amide bonds. The Bertz CT molecular complexity index is 358. The summed E-state index contributed by atoms with van der Waals surface area (Å²) in [7, 11) is 0. The predicted octanol–water partition coefficient (Wildman–Crippen LogP) is 2.53. The van der Waals surface area contributed by atoms with Crippen LogP contribution in [-0.2, 0) is 14.4 Å². The molecule has 0 saturated carbocycles. The first-order valence-electron chi connectivity index (χ1n) is 6.75. The molecule has 0 saturated heterocycles. The summed E-state index contributed by atoms with van der Waals surface area (Å²) in [5, 5.41) is 26.8. The molecule has 0 unspecified atom stereocenters. The average molecular weight is 286 g/mol. The van der Waals surface area contributed by atoms with Gasteiger partial charge in [-0.25, -0.2) is 4.79 Å². The zero-order chi connectivity index (χ0) is 15.6. The summed E-state index contributed by atoms with van der Waals surface area (Å²) < 4.78 is 0. The molecule has 114 valence electrons. The molecule has 0 bridgehead atoms. The number of carbonyl (C=O) groups is 3. The number of carboxylic acids is 3. The molecule has 6 nitrogen and oxygen atoms in total. The molecule has 0 spiro atoms. The van der Waals surface area contributed by atoms with Gasteiger partial charge in [0.1, 0.15) is 0 Å². The summed E-state index contributed by atoms with van der Waals surface area (Å²) in [6.45, 7) is 2.08. The Morgan fingerprint density at radius 3 is 1.85 bits per heavy atom. The molecule has 3 N–H and O–H groups in total. The number of hydrogen-bond acceptors (Lipinski definition) is 3. The molecule has 0 aromatic rings. The number of unbranched alkanes of at least 4 members (excludes halogenated alkanes) is 5. The van der Waals surface area contributed by atoms with Gasteiger partial charge in [0.05, 0.1) is 0 Å². The summed E-state index contributed by atoms with van der Waals surface area (Å²) in [6.07, 6.45) is 6.56. The molecule has 0 heterocycles. The van der Waals surface area contributed by atoms with Gasteiger partial charge in [-0.3, -0.25) is 9.59 Å². The highest BCUT2D eigenvalue weighted by Crippen LogP contribution is 2.28. The van der Waals surface area contributed by atoms with E-state index in [0.717, 1.165) is 38.2 Å². The molecule has 0 fully saturated rings. The molecule has 20 heavy (non-hydrogen) atoms. The first-order valence-corrected chi connectivity index (χ1v) is 6.75. The molecular formula is C14H22O6. The minimum absolute atomic E-state index is 0.104. The monoisotopic (exact) mass is 286 g/mol. The van der Waals surface area contributed by atoms with Crippen LogP contribution < -0.4 is 0 Å². The van der Waals surface area contributed by atoms with Crippen molar-refractivity contribution in [3.8, 4) is 0 Å². The average Bonchev–Trinajstić information content (AvgIpc) is 2.36. The predicted molar refractivity (Wildman–Crippen MR) is 72.5 cm³/mol. The minimum Gasteiger partial charge on any atom is -0.480 e. The molecule has 0 aromatic carbocycles. The first kappa shape index (κ1) is 18.1. The van der Waals surface area contributed by atoms with Crippen LogP contribution in [0.5, 0.6) is 0 Å². The molecule has 0 aromatic heterocycles. The van der Waals surface area contributed by atoms with Crippen molar-refractivity contribution in [3.63, 3.8) is 0 Å². The van der Waals surface area contributed by atoms with E-state index in [0.29, 0.717) is 12.5 Å². The zero-order valence-electron chi connectivity index (χ0n) is 11.7. The highest BCUT2D eigenvalue weighted by Gasteiger charge is 2.43. The van der Waals surface area contributed by atoms with E-state index in [4.69, 9.17) is 15.3 Å². The van der Waals surface area contributed by atoms with Crippen LogP contribution in [-0.4, -0.2) is 33.2 Å². The summed E-state index contributed by atoms with van der Waals surface area (Å²) in [5.74, 6) is -4.42. The van der Waals surface area contributed by atoms with Gasteiger partial charge in [0, 0.05) is 6.08 Å². The fourth-order valence-corrected chi connectivity index (χ4v) is 1.93. The molecule has 0 aliphatic heterocycles. The lowest BCUT2D eigenvalue weighted by Gasteiger charge is -2.20. The maximum atomic E-state index is 11.2. The zero-order valence-corrected chi connectivity index (χ0v) is 11.7. The van der Waals surface area contributed by atoms with Crippen LogP contribution in [0.2, 0.25) is 0 Å². The Kier molecular flexibility index (Phi) is 8.27. The Morgan fingerprint density at radius 2 is 1.40 bits per heavy atom. The second-order valence-electron chi connectivity index (χ2n) is 4.77. The van der Waals surface area contributed by atoms with Gasteiger partial charge in [-0.15, -0.1) is 0 Å². The molecule has 0 aliphatic carbocycles. The number of hydrogen-bond donors (Lipinski definition) is 3. The van der Waals surface area contributed by atoms with Gasteiger partial charge in [-0.2, -0.15) is 0 Å². The summed E-state index contributed by atoms with van der Waals surface area (Å²) in [5.41, 5.74) is -2.15. The summed E-state index contributed by atoms with van der Waals surface area (Å²) in [6, 6.07) is 0. The third-order valence-electron chi connectivity index (χ3n) is 3.20. The Labute approximate surface area is 118 Å². The lowest BCUT2D eigenvalue weighted by molar-refractivity contribution is -0.161. The van der Waals surface area contributed by atoms with E-state index in [1.807, 2.05) is 0 Å². The topological polar surface area (TPSA) is 112 Å². The first-order chi connectivity index (χ1) is 9.36. The maximum Gasteiger partial charge on any atom is 0.328 e. The van der Waals surface area contributed by atoms with Crippen molar-refractivity contribution in [2.45, 2.75) is 51.9 Å². The number of carboxylic acid groups (broad SMARTS) is 3. The van der Waals surface area contributed by atoms with Crippen molar-refractivity contribution in [3.05, 3.63) is 12.2 Å². The highest BCUT2D eigenvalue weighted by atomic mass is 16.4. The van der Waals surface area contributed by atoms with Crippen molar-refractivity contribution in [1.82, 2.24) is 0 Å². The van der Waals surface area contributed by atoms with E-state index < -0.39 is 23.3 Å². The fourth-order valence-electron chi connectivity index (χ4n) is 1.93. The standard InChI is InChI=1S/C14H22O6/c1-2-3-4-5-6-7-9-14(12(17)18,13(19)20)10-8-11(15)16/h8,10H,2-7,9H2,1H3,(H,15,16)(H,17,18)(H,19,20). The van der Waals surface area contributed by atoms with Gasteiger partial charge in [-0.05, 0) is 12.5 Å². The quantitative estimate of drug-likeness (QED) is 0.306. The minimum atomic E-state index is -2.15. The van der Waals surface area contributed by atoms with Crippen molar-refractivity contribution >= 4 is 17.9 Å². The molecule has 0 rings (SSSR count). The second-order valence-corrected chi connectivity index (χ2v) is 4.77. The van der Waals surface area contributed by atoms with Crippen LogP contribution in [0.1, 0.15) is 51.9 Å². The van der Waals surface area contributed by atoms with Crippen LogP contribution in [0, 0.1) is 5.41 Å². The van der Waals surface area contributed by atoms with Crippen LogP contribution >= 0.6 is 0 Å². The van der Waals surface area contributed by atoms with E-state index in [1.165, 1.54) is 0 Å². The molecule has 0 atom stereocenters. The smallest absolute Gasteiger partial charge is 0.328 e. The molecule has 6 heteroatoms. The molecular weight excluding hydrogens is 264 g/mol. The second kappa shape index (κ2) is 9.12. The van der Waals surface area contributed by atoms with Gasteiger partial charge in [0.15, 0.2) is 5.41 Å². The third-order valence-corrected chi connectivity index (χ3v) is 3.20. The van der Waals surface area contributed by atoms with Crippen LogP contribution in [0.4, 0.5) is 0 Å². The van der Waals surface area contributed by atoms with E-state index in [9.17, 15) is 14.4 Å². The summed E-state index contributed by atoms with van der Waals surface area (Å²) in [4.78, 5) is 32.9. The van der Waals surface area contributed by atoms with Gasteiger partial charge in [0.25, 0.3) is 0 Å². The maximum absolute atomic E-state index is 11.2. The van der Waals surface area contributed by atoms with E-state index >= 15 is 0 Å². The molecule has 0 aliphatic rings. The van der Waals surface area contributed by atoms with Crippen molar-refractivity contribution < 1.29 is 29.7 Å². The van der Waals surface area contributed by atoms with Crippen LogP contribution in [0.3, 0.4) is 0 Å². The van der Waals surface area contributed by atoms with Crippen LogP contribution in [0.25, 0.3) is 0 Å². The molecule has 0 radical (unpaired) electrons. The van der Waals surface area contributed by atoms with E-state index in [1.54, 1.807) is 0 Å². The Hall–Kier alpha value is -1.85. The lowest BCUT2D eigenvalue weighted by atomic mass is 9.82. The SMILES string of the molecule is CCCCCCCCC(C=CC(=O)O)(C(=O)O)C(=O)O. The van der Waals surface area contributed by atoms with E-state index in [-0.39, 0.29) is 6.42 Å². The Morgan fingerprint density at radius 1 is 0.900 bits per heavy atom. The van der Waals surface area contributed by atoms with E-state index in [2.05, 4.69) is 6.92 Å². The largest absolute Gasteiger partial charge is 0.480 e. The Balaban J connectivity index is 4.65. The van der Waals surface area contributed by atoms with Gasteiger partial charge in [0.2, 0.25) is 0 Å². The summed E-state index contributed by atoms with van der Waals surface area (Å²) >= 11 is 0. The van der Waals surface area contributed by atoms with Crippen molar-refractivity contribution in [2.75, 3.05) is 0 Å². The number of rotatable bonds is 11. The lowest BCUT2D eigenvalue weighted by Crippen LogP contribution is -2.37. The van der Waals surface area contributed by atoms with Gasteiger partial charge < -0.3 is 15.3 Å². The van der Waals surface area contributed by atoms with Gasteiger partial charge >= 0.3 is 17.9 Å². The highest BCUT2D eigenvalue weighted by molar-refractivity contribution is 6.01. The van der Waals surface area contributed by atoms with Crippen molar-refractivity contribution in [2.24, 2.45) is 5.41 Å². The van der Waals surface area contributed by atoms with Crippen molar-refractivity contribution in [1.29, 1.82) is 0 Å². The fraction of sp³-hybridized carbons (Fsp3) is 0.643. The number of aliphatic carboxylic acids is 3.